The predicted molar refractivity (Wildman–Crippen MR) is 149 cm³/mol. The summed E-state index contributed by atoms with van der Waals surface area (Å²) in [5.41, 5.74) is 3.39. The molecular formula is C30H23ClN2O5. The van der Waals surface area contributed by atoms with Crippen molar-refractivity contribution in [2.24, 2.45) is 0 Å². The smallest absolute Gasteiger partial charge is 0.291 e. The summed E-state index contributed by atoms with van der Waals surface area (Å²) in [5, 5.41) is 7.05. The maximum absolute atomic E-state index is 12.7. The average molecular weight is 527 g/mol. The molecule has 0 aliphatic rings. The molecule has 2 heterocycles. The zero-order chi connectivity index (χ0) is 26.6. The highest BCUT2D eigenvalue weighted by Crippen LogP contribution is 2.30. The molecule has 38 heavy (non-hydrogen) atoms. The van der Waals surface area contributed by atoms with Gasteiger partial charge in [-0.15, -0.1) is 0 Å². The Kier molecular flexibility index (Phi) is 7.02. The summed E-state index contributed by atoms with van der Waals surface area (Å²) >= 11 is 6.21. The number of hydrogen-bond acceptors (Lipinski definition) is 5. The maximum Gasteiger partial charge on any atom is 0.291 e. The summed E-state index contributed by atoms with van der Waals surface area (Å²) in [5.74, 6) is 0.962. The monoisotopic (exact) mass is 526 g/mol. The van der Waals surface area contributed by atoms with Gasteiger partial charge < -0.3 is 24.2 Å². The highest BCUT2D eigenvalue weighted by atomic mass is 35.5. The lowest BCUT2D eigenvalue weighted by atomic mass is 10.1. The van der Waals surface area contributed by atoms with Crippen LogP contribution >= 0.6 is 11.6 Å². The summed E-state index contributed by atoms with van der Waals surface area (Å²) in [6.07, 6.45) is 2.95. The third kappa shape index (κ3) is 5.48. The molecule has 0 aliphatic heterocycles. The molecule has 3 aromatic carbocycles. The van der Waals surface area contributed by atoms with Gasteiger partial charge in [0, 0.05) is 33.8 Å². The topological polar surface area (TPSA) is 93.7 Å². The van der Waals surface area contributed by atoms with E-state index < -0.39 is 5.91 Å². The van der Waals surface area contributed by atoms with E-state index in [1.54, 1.807) is 42.5 Å². The van der Waals surface area contributed by atoms with Crippen LogP contribution in [0.15, 0.2) is 93.8 Å². The van der Waals surface area contributed by atoms with Gasteiger partial charge in [-0.2, -0.15) is 0 Å². The molecule has 0 radical (unpaired) electrons. The highest BCUT2D eigenvalue weighted by Gasteiger charge is 2.15. The minimum Gasteiger partial charge on any atom is -0.494 e. The van der Waals surface area contributed by atoms with Crippen molar-refractivity contribution in [3.05, 3.63) is 107 Å². The van der Waals surface area contributed by atoms with Gasteiger partial charge in [-0.25, -0.2) is 0 Å². The number of anilines is 2. The Labute approximate surface area is 223 Å². The summed E-state index contributed by atoms with van der Waals surface area (Å²) in [6.45, 7) is 1.93. The number of aryl methyl sites for hydroxylation is 1. The zero-order valence-corrected chi connectivity index (χ0v) is 21.3. The summed E-state index contributed by atoms with van der Waals surface area (Å²) in [4.78, 5) is 25.2. The number of carbonyl (C=O) groups is 2. The van der Waals surface area contributed by atoms with Crippen molar-refractivity contribution in [2.75, 3.05) is 17.7 Å². The molecule has 8 heteroatoms. The van der Waals surface area contributed by atoms with Crippen molar-refractivity contribution < 1.29 is 23.2 Å². The van der Waals surface area contributed by atoms with Crippen LogP contribution in [0.25, 0.3) is 28.4 Å². The van der Waals surface area contributed by atoms with E-state index in [0.717, 1.165) is 16.5 Å². The van der Waals surface area contributed by atoms with E-state index in [0.29, 0.717) is 39.3 Å². The van der Waals surface area contributed by atoms with Gasteiger partial charge in [0.25, 0.3) is 5.91 Å². The van der Waals surface area contributed by atoms with E-state index in [9.17, 15) is 9.59 Å². The fourth-order valence-corrected chi connectivity index (χ4v) is 4.02. The number of halogens is 1. The fourth-order valence-electron chi connectivity index (χ4n) is 3.84. The number of ether oxygens (including phenoxy) is 1. The minimum absolute atomic E-state index is 0.183. The Morgan fingerprint density at radius 2 is 1.76 bits per heavy atom. The molecule has 5 aromatic rings. The molecule has 0 bridgehead atoms. The van der Waals surface area contributed by atoms with Gasteiger partial charge in [0.2, 0.25) is 5.91 Å². The Hall–Kier alpha value is -4.75. The van der Waals surface area contributed by atoms with E-state index >= 15 is 0 Å². The van der Waals surface area contributed by atoms with Gasteiger partial charge >= 0.3 is 0 Å². The number of methoxy groups -OCH3 is 1. The number of hydrogen-bond donors (Lipinski definition) is 2. The first-order valence-corrected chi connectivity index (χ1v) is 12.1. The van der Waals surface area contributed by atoms with E-state index in [1.807, 2.05) is 49.4 Å². The number of carbonyl (C=O) groups excluding carboxylic acids is 2. The number of benzene rings is 3. The predicted octanol–water partition coefficient (Wildman–Crippen LogP) is 7.57. The molecule has 2 amide bonds. The van der Waals surface area contributed by atoms with Crippen LogP contribution < -0.4 is 15.4 Å². The van der Waals surface area contributed by atoms with Crippen LogP contribution in [0.4, 0.5) is 11.4 Å². The average Bonchev–Trinajstić information content (AvgIpc) is 3.57. The highest BCUT2D eigenvalue weighted by molar-refractivity contribution is 6.31. The summed E-state index contributed by atoms with van der Waals surface area (Å²) < 4.78 is 16.9. The SMILES string of the molecule is COc1cc(NC(=O)/C=C/c2ccc(-c3ccc(C)c(Cl)c3)o2)ccc1NC(=O)c1cc2ccccc2o1. The molecule has 190 valence electrons. The molecule has 2 N–H and O–H groups in total. The first kappa shape index (κ1) is 24.9. The molecule has 2 aromatic heterocycles. The van der Waals surface area contributed by atoms with Crippen molar-refractivity contribution in [1.82, 2.24) is 0 Å². The molecule has 0 unspecified atom stereocenters. The summed E-state index contributed by atoms with van der Waals surface area (Å²) in [6, 6.07) is 23.3. The lowest BCUT2D eigenvalue weighted by molar-refractivity contribution is -0.111. The molecule has 5 rings (SSSR count). The third-order valence-corrected chi connectivity index (χ3v) is 6.26. The van der Waals surface area contributed by atoms with Crippen LogP contribution in [0.5, 0.6) is 5.75 Å². The van der Waals surface area contributed by atoms with Crippen LogP contribution in [0.2, 0.25) is 5.02 Å². The Balaban J connectivity index is 1.23. The van der Waals surface area contributed by atoms with Crippen molar-refractivity contribution in [3.63, 3.8) is 0 Å². The van der Waals surface area contributed by atoms with E-state index in [-0.39, 0.29) is 11.7 Å². The second-order valence-electron chi connectivity index (χ2n) is 8.51. The largest absolute Gasteiger partial charge is 0.494 e. The van der Waals surface area contributed by atoms with Crippen molar-refractivity contribution in [1.29, 1.82) is 0 Å². The van der Waals surface area contributed by atoms with Gasteiger partial charge in [-0.1, -0.05) is 41.9 Å². The molecule has 0 spiro atoms. The Bertz CT molecular complexity index is 1650. The quantitative estimate of drug-likeness (QED) is 0.213. The molecule has 0 atom stereocenters. The van der Waals surface area contributed by atoms with E-state index in [2.05, 4.69) is 10.6 Å². The van der Waals surface area contributed by atoms with Crippen molar-refractivity contribution in [3.8, 4) is 17.1 Å². The molecule has 0 saturated carbocycles. The van der Waals surface area contributed by atoms with Crippen LogP contribution in [0.1, 0.15) is 21.9 Å². The normalized spacial score (nSPS) is 11.1. The van der Waals surface area contributed by atoms with Gasteiger partial charge in [0.1, 0.15) is 22.9 Å². The number of para-hydroxylation sites is 1. The van der Waals surface area contributed by atoms with Crippen LogP contribution in [-0.2, 0) is 4.79 Å². The Morgan fingerprint density at radius 3 is 2.55 bits per heavy atom. The summed E-state index contributed by atoms with van der Waals surface area (Å²) in [7, 11) is 1.48. The fraction of sp³-hybridized carbons (Fsp3) is 0.0667. The van der Waals surface area contributed by atoms with E-state index in [4.69, 9.17) is 25.2 Å². The lowest BCUT2D eigenvalue weighted by Gasteiger charge is -2.11. The van der Waals surface area contributed by atoms with Crippen molar-refractivity contribution in [2.45, 2.75) is 6.92 Å². The molecule has 0 aliphatic carbocycles. The molecule has 0 fully saturated rings. The zero-order valence-electron chi connectivity index (χ0n) is 20.6. The van der Waals surface area contributed by atoms with Gasteiger partial charge in [0.05, 0.1) is 12.8 Å². The minimum atomic E-state index is -0.412. The second-order valence-corrected chi connectivity index (χ2v) is 8.91. The third-order valence-electron chi connectivity index (χ3n) is 5.85. The molecular weight excluding hydrogens is 504 g/mol. The first-order valence-electron chi connectivity index (χ1n) is 11.7. The van der Waals surface area contributed by atoms with Crippen LogP contribution in [0.3, 0.4) is 0 Å². The Morgan fingerprint density at radius 1 is 0.921 bits per heavy atom. The van der Waals surface area contributed by atoms with E-state index in [1.165, 1.54) is 13.2 Å². The maximum atomic E-state index is 12.7. The lowest BCUT2D eigenvalue weighted by Crippen LogP contribution is -2.12. The number of furan rings is 2. The molecule has 0 saturated heterocycles. The first-order chi connectivity index (χ1) is 18.4. The number of nitrogens with one attached hydrogen (secondary N) is 2. The molecule has 7 nitrogen and oxygen atoms in total. The number of fused-ring (bicyclic) bond motifs is 1. The van der Waals surface area contributed by atoms with Gasteiger partial charge in [-0.05, 0) is 61.0 Å². The standard InChI is InChI=1S/C30H23ClN2O5/c1-18-7-8-20(15-23(18)31)26-13-10-22(37-26)11-14-29(34)32-21-9-12-24(27(17-21)36-2)33-30(35)28-16-19-5-3-4-6-25(19)38-28/h3-17H,1-2H3,(H,32,34)(H,33,35)/b14-11+. The van der Waals surface area contributed by atoms with Crippen LogP contribution in [0, 0.1) is 6.92 Å². The van der Waals surface area contributed by atoms with Crippen molar-refractivity contribution >= 4 is 51.8 Å². The van der Waals surface area contributed by atoms with Gasteiger partial charge in [-0.3, -0.25) is 9.59 Å². The number of rotatable bonds is 7. The number of amides is 2. The van der Waals surface area contributed by atoms with Crippen LogP contribution in [-0.4, -0.2) is 18.9 Å². The second kappa shape index (κ2) is 10.7. The van der Waals surface area contributed by atoms with Gasteiger partial charge in [0.15, 0.2) is 5.76 Å².